The molecule has 28 heavy (non-hydrogen) atoms. The summed E-state index contributed by atoms with van der Waals surface area (Å²) in [4.78, 5) is 12.5. The number of nitrogens with zero attached hydrogens (tertiary/aromatic N) is 2. The predicted octanol–water partition coefficient (Wildman–Crippen LogP) is 1.98. The number of rotatable bonds is 6. The first-order valence-corrected chi connectivity index (χ1v) is 10.4. The van der Waals surface area contributed by atoms with Crippen LogP contribution in [0.1, 0.15) is 18.6 Å². The van der Waals surface area contributed by atoms with E-state index < -0.39 is 15.9 Å². The number of hydrogen-bond acceptors (Lipinski definition) is 6. The summed E-state index contributed by atoms with van der Waals surface area (Å²) in [6.45, 7) is 0.748. The Morgan fingerprint density at radius 1 is 1.32 bits per heavy atom. The van der Waals surface area contributed by atoms with Crippen LogP contribution in [0.25, 0.3) is 11.5 Å². The quantitative estimate of drug-likeness (QED) is 0.648. The van der Waals surface area contributed by atoms with Gasteiger partial charge in [-0.2, -0.15) is 9.40 Å². The summed E-state index contributed by atoms with van der Waals surface area (Å²) in [5.41, 5.74) is 0.593. The maximum atomic E-state index is 12.9. The number of aromatic amines is 1. The van der Waals surface area contributed by atoms with E-state index in [1.807, 2.05) is 0 Å². The minimum Gasteiger partial charge on any atom is -0.467 e. The summed E-state index contributed by atoms with van der Waals surface area (Å²) < 4.78 is 37.9. The smallest absolute Gasteiger partial charge is 0.276 e. The Morgan fingerprint density at radius 3 is 2.96 bits per heavy atom. The number of piperidine rings is 1. The maximum Gasteiger partial charge on any atom is 0.276 e. The molecule has 1 fully saturated rings. The SMILES string of the molecule is O=C(NCc1ccco1)[C@H]1CCCN(S(=O)(=O)c2ccc(-c3ccn[nH]3)o2)C1. The van der Waals surface area contributed by atoms with E-state index >= 15 is 0 Å². The van der Waals surface area contributed by atoms with Crippen LogP contribution in [-0.4, -0.2) is 41.9 Å². The molecule has 0 saturated carbocycles. The molecule has 148 valence electrons. The van der Waals surface area contributed by atoms with Crippen molar-refractivity contribution in [3.8, 4) is 11.5 Å². The molecule has 0 aliphatic carbocycles. The average Bonchev–Trinajstić information content (AvgIpc) is 3.48. The fourth-order valence-electron chi connectivity index (χ4n) is 3.23. The minimum absolute atomic E-state index is 0.117. The second-order valence-electron chi connectivity index (χ2n) is 6.59. The molecule has 2 N–H and O–H groups in total. The summed E-state index contributed by atoms with van der Waals surface area (Å²) in [6, 6.07) is 8.21. The summed E-state index contributed by atoms with van der Waals surface area (Å²) in [7, 11) is -3.82. The highest BCUT2D eigenvalue weighted by molar-refractivity contribution is 7.89. The molecule has 1 amide bonds. The molecule has 4 heterocycles. The largest absolute Gasteiger partial charge is 0.467 e. The highest BCUT2D eigenvalue weighted by Gasteiger charge is 2.35. The summed E-state index contributed by atoms with van der Waals surface area (Å²) in [5, 5.41) is 9.22. The van der Waals surface area contributed by atoms with Crippen molar-refractivity contribution >= 4 is 15.9 Å². The maximum absolute atomic E-state index is 12.9. The van der Waals surface area contributed by atoms with Crippen LogP contribution in [0.2, 0.25) is 0 Å². The standard InChI is InChI=1S/C18H20N4O5S/c23-18(19-11-14-4-2-10-26-14)13-3-1-9-22(12-13)28(24,25)17-6-5-16(27-17)15-7-8-20-21-15/h2,4-8,10,13H,1,3,9,11-12H2,(H,19,23)(H,20,21)/t13-/m0/s1. The molecule has 1 saturated heterocycles. The number of amides is 1. The fourth-order valence-corrected chi connectivity index (χ4v) is 4.67. The Hall–Kier alpha value is -2.85. The number of carbonyl (C=O) groups excluding carboxylic acids is 1. The highest BCUT2D eigenvalue weighted by Crippen LogP contribution is 2.28. The van der Waals surface area contributed by atoms with Crippen LogP contribution in [-0.2, 0) is 21.4 Å². The van der Waals surface area contributed by atoms with Crippen LogP contribution in [0.4, 0.5) is 0 Å². The zero-order valence-electron chi connectivity index (χ0n) is 15.0. The molecule has 9 nitrogen and oxygen atoms in total. The second-order valence-corrected chi connectivity index (χ2v) is 8.46. The van der Waals surface area contributed by atoms with E-state index in [0.717, 1.165) is 0 Å². The summed E-state index contributed by atoms with van der Waals surface area (Å²) in [6.07, 6.45) is 4.33. The monoisotopic (exact) mass is 404 g/mol. The van der Waals surface area contributed by atoms with Gasteiger partial charge in [-0.1, -0.05) is 0 Å². The Bertz CT molecular complexity index is 1020. The number of aromatic nitrogens is 2. The first-order valence-electron chi connectivity index (χ1n) is 8.94. The summed E-state index contributed by atoms with van der Waals surface area (Å²) >= 11 is 0. The lowest BCUT2D eigenvalue weighted by molar-refractivity contribution is -0.126. The lowest BCUT2D eigenvalue weighted by Crippen LogP contribution is -2.45. The van der Waals surface area contributed by atoms with E-state index in [1.54, 1.807) is 30.5 Å². The predicted molar refractivity (Wildman–Crippen MR) is 98.3 cm³/mol. The molecule has 1 aliphatic heterocycles. The molecule has 0 aromatic carbocycles. The molecular weight excluding hydrogens is 384 g/mol. The molecule has 10 heteroatoms. The van der Waals surface area contributed by atoms with Crippen molar-refractivity contribution in [3.05, 3.63) is 48.6 Å². The van der Waals surface area contributed by atoms with Gasteiger partial charge in [0.05, 0.1) is 18.7 Å². The first kappa shape index (κ1) is 18.5. The van der Waals surface area contributed by atoms with E-state index in [-0.39, 0.29) is 24.1 Å². The molecule has 0 unspecified atom stereocenters. The van der Waals surface area contributed by atoms with E-state index in [0.29, 0.717) is 36.6 Å². The zero-order valence-corrected chi connectivity index (χ0v) is 15.8. The number of H-pyrrole nitrogens is 1. The Kier molecular flexibility index (Phi) is 5.05. The third-order valence-electron chi connectivity index (χ3n) is 4.71. The average molecular weight is 404 g/mol. The Balaban J connectivity index is 1.43. The van der Waals surface area contributed by atoms with Gasteiger partial charge >= 0.3 is 0 Å². The van der Waals surface area contributed by atoms with Gasteiger partial charge in [-0.15, -0.1) is 0 Å². The van der Waals surface area contributed by atoms with E-state index in [4.69, 9.17) is 8.83 Å². The van der Waals surface area contributed by atoms with Crippen LogP contribution < -0.4 is 5.32 Å². The molecule has 0 radical (unpaired) electrons. The topological polar surface area (TPSA) is 121 Å². The second kappa shape index (κ2) is 7.64. The molecule has 0 bridgehead atoms. The van der Waals surface area contributed by atoms with Gasteiger partial charge in [-0.3, -0.25) is 9.89 Å². The molecular formula is C18H20N4O5S. The number of carbonyl (C=O) groups is 1. The molecule has 1 aliphatic rings. The van der Waals surface area contributed by atoms with Crippen LogP contribution in [0.3, 0.4) is 0 Å². The molecule has 1 atom stereocenters. The van der Waals surface area contributed by atoms with E-state index in [2.05, 4.69) is 15.5 Å². The van der Waals surface area contributed by atoms with Crippen molar-refractivity contribution in [2.75, 3.05) is 13.1 Å². The van der Waals surface area contributed by atoms with Gasteiger partial charge < -0.3 is 14.2 Å². The third kappa shape index (κ3) is 3.73. The van der Waals surface area contributed by atoms with Crippen LogP contribution in [0, 0.1) is 5.92 Å². The van der Waals surface area contributed by atoms with Gasteiger partial charge in [0.2, 0.25) is 11.0 Å². The van der Waals surface area contributed by atoms with Gasteiger partial charge in [0.15, 0.2) is 5.76 Å². The Labute approximate surface area is 161 Å². The van der Waals surface area contributed by atoms with Crippen molar-refractivity contribution < 1.29 is 22.0 Å². The third-order valence-corrected chi connectivity index (χ3v) is 6.45. The van der Waals surface area contributed by atoms with Crippen molar-refractivity contribution in [1.29, 1.82) is 0 Å². The first-order chi connectivity index (χ1) is 13.5. The molecule has 4 rings (SSSR count). The molecule has 3 aromatic heterocycles. The van der Waals surface area contributed by atoms with Crippen molar-refractivity contribution in [2.24, 2.45) is 5.92 Å². The normalized spacial score (nSPS) is 18.2. The van der Waals surface area contributed by atoms with E-state index in [9.17, 15) is 13.2 Å². The fraction of sp³-hybridized carbons (Fsp3) is 0.333. The lowest BCUT2D eigenvalue weighted by Gasteiger charge is -2.30. The van der Waals surface area contributed by atoms with Crippen LogP contribution in [0.15, 0.2) is 56.7 Å². The molecule has 3 aromatic rings. The number of sulfonamides is 1. The van der Waals surface area contributed by atoms with Crippen LogP contribution >= 0.6 is 0 Å². The lowest BCUT2D eigenvalue weighted by atomic mass is 9.99. The number of hydrogen-bond donors (Lipinski definition) is 2. The van der Waals surface area contributed by atoms with Gasteiger partial charge in [-0.05, 0) is 43.2 Å². The summed E-state index contributed by atoms with van der Waals surface area (Å²) in [5.74, 6) is 0.436. The van der Waals surface area contributed by atoms with Crippen LogP contribution in [0.5, 0.6) is 0 Å². The van der Waals surface area contributed by atoms with Crippen molar-refractivity contribution in [1.82, 2.24) is 19.8 Å². The Morgan fingerprint density at radius 2 is 2.21 bits per heavy atom. The van der Waals surface area contributed by atoms with Gasteiger partial charge in [0.25, 0.3) is 10.0 Å². The van der Waals surface area contributed by atoms with Crippen molar-refractivity contribution in [3.63, 3.8) is 0 Å². The number of furan rings is 2. The van der Waals surface area contributed by atoms with Gasteiger partial charge in [-0.25, -0.2) is 8.42 Å². The van der Waals surface area contributed by atoms with Gasteiger partial charge in [0, 0.05) is 19.3 Å². The van der Waals surface area contributed by atoms with Crippen molar-refractivity contribution in [2.45, 2.75) is 24.5 Å². The molecule has 0 spiro atoms. The van der Waals surface area contributed by atoms with Gasteiger partial charge in [0.1, 0.15) is 11.5 Å². The zero-order chi connectivity index (χ0) is 19.6. The minimum atomic E-state index is -3.82. The van der Waals surface area contributed by atoms with E-state index in [1.165, 1.54) is 16.6 Å². The number of nitrogens with one attached hydrogen (secondary N) is 2. The highest BCUT2D eigenvalue weighted by atomic mass is 32.2.